The molecule has 1 atom stereocenters. The second-order valence-electron chi connectivity index (χ2n) is 6.69. The minimum atomic E-state index is -0.120. The number of fused-ring (bicyclic) bond motifs is 1. The number of nitriles is 1. The minimum Gasteiger partial charge on any atom is -0.368 e. The van der Waals surface area contributed by atoms with Crippen molar-refractivity contribution in [3.63, 3.8) is 0 Å². The maximum atomic E-state index is 11.3. The van der Waals surface area contributed by atoms with Gasteiger partial charge in [0.1, 0.15) is 11.9 Å². The Morgan fingerprint density at radius 1 is 1.34 bits per heavy atom. The van der Waals surface area contributed by atoms with E-state index in [1.807, 2.05) is 19.9 Å². The van der Waals surface area contributed by atoms with Crippen molar-refractivity contribution >= 4 is 5.82 Å². The number of anilines is 1. The molecule has 1 saturated heterocycles. The molecule has 3 rings (SSSR count). The summed E-state index contributed by atoms with van der Waals surface area (Å²) < 4.78 is 17.2. The monoisotopic (exact) mass is 402 g/mol. The van der Waals surface area contributed by atoms with Gasteiger partial charge in [0.2, 0.25) is 0 Å². The number of allylic oxidation sites excluding steroid dienone is 3. The highest BCUT2D eigenvalue weighted by molar-refractivity contribution is 5.44. The Morgan fingerprint density at radius 2 is 2.00 bits per heavy atom. The fourth-order valence-corrected chi connectivity index (χ4v) is 2.97. The zero-order valence-electron chi connectivity index (χ0n) is 18.5. The van der Waals surface area contributed by atoms with Crippen LogP contribution in [0.4, 0.5) is 10.2 Å². The van der Waals surface area contributed by atoms with E-state index in [4.69, 9.17) is 15.0 Å². The third kappa shape index (κ3) is 8.35. The molecule has 0 radical (unpaired) electrons. The van der Waals surface area contributed by atoms with Gasteiger partial charge in [0.15, 0.2) is 0 Å². The quantitative estimate of drug-likeness (QED) is 0.728. The van der Waals surface area contributed by atoms with Gasteiger partial charge >= 0.3 is 0 Å². The number of hydrogen-bond acceptors (Lipinski definition) is 5. The summed E-state index contributed by atoms with van der Waals surface area (Å²) in [7, 11) is 0. The van der Waals surface area contributed by atoms with Crippen molar-refractivity contribution in [3.8, 4) is 6.07 Å². The zero-order chi connectivity index (χ0) is 21.6. The minimum absolute atomic E-state index is 0.0561. The van der Waals surface area contributed by atoms with Gasteiger partial charge in [0.25, 0.3) is 0 Å². The Hall–Kier alpha value is -2.23. The molecule has 1 aromatic heterocycles. The molecule has 6 heteroatoms. The Bertz CT molecular complexity index is 714. The number of nitrogens with one attached hydrogen (secondary N) is 1. The van der Waals surface area contributed by atoms with Crippen molar-refractivity contribution in [1.82, 2.24) is 10.3 Å². The van der Waals surface area contributed by atoms with Crippen LogP contribution in [0.1, 0.15) is 58.4 Å². The molecule has 160 valence electrons. The van der Waals surface area contributed by atoms with E-state index in [2.05, 4.69) is 28.4 Å². The number of rotatable bonds is 4. The smallest absolute Gasteiger partial charge is 0.129 e. The summed E-state index contributed by atoms with van der Waals surface area (Å²) in [5.74, 6) is 0.935. The fraction of sp³-hybridized carbons (Fsp3) is 0.565. The van der Waals surface area contributed by atoms with Crippen molar-refractivity contribution in [2.45, 2.75) is 53.6 Å². The van der Waals surface area contributed by atoms with E-state index >= 15 is 0 Å². The Balaban J connectivity index is 0.000000527. The van der Waals surface area contributed by atoms with E-state index < -0.39 is 0 Å². The van der Waals surface area contributed by atoms with Gasteiger partial charge in [-0.2, -0.15) is 5.26 Å². The van der Waals surface area contributed by atoms with Gasteiger partial charge in [0, 0.05) is 31.8 Å². The first-order valence-electron chi connectivity index (χ1n) is 10.5. The van der Waals surface area contributed by atoms with Crippen molar-refractivity contribution < 1.29 is 9.13 Å². The summed E-state index contributed by atoms with van der Waals surface area (Å²) in [6, 6.07) is 6.44. The number of nitrogens with zero attached hydrogens (tertiary/aromatic N) is 3. The number of hydrogen-bond donors (Lipinski definition) is 1. The zero-order valence-corrected chi connectivity index (χ0v) is 18.5. The third-order valence-electron chi connectivity index (χ3n) is 4.68. The van der Waals surface area contributed by atoms with E-state index in [0.29, 0.717) is 12.2 Å². The van der Waals surface area contributed by atoms with Gasteiger partial charge in [-0.1, -0.05) is 26.0 Å². The van der Waals surface area contributed by atoms with Crippen LogP contribution in [0.25, 0.3) is 0 Å². The van der Waals surface area contributed by atoms with Crippen LogP contribution < -0.4 is 10.2 Å². The molecule has 5 nitrogen and oxygen atoms in total. The van der Waals surface area contributed by atoms with Crippen LogP contribution in [-0.4, -0.2) is 37.8 Å². The SMILES string of the molecule is C/C(C#N)=C\COC1CCc2ccc(N3CCNCC3)nc21.C/C=C(\C)F.CC. The molecule has 1 aliphatic heterocycles. The average molecular weight is 403 g/mol. The lowest BCUT2D eigenvalue weighted by Gasteiger charge is -2.29. The molecule has 2 aliphatic rings. The van der Waals surface area contributed by atoms with Crippen molar-refractivity contribution in [2.75, 3.05) is 37.7 Å². The molecule has 0 aromatic carbocycles. The van der Waals surface area contributed by atoms with Gasteiger partial charge in [-0.05, 0) is 51.3 Å². The fourth-order valence-electron chi connectivity index (χ4n) is 2.97. The van der Waals surface area contributed by atoms with E-state index in [1.54, 1.807) is 13.8 Å². The molecule has 1 fully saturated rings. The van der Waals surface area contributed by atoms with E-state index in [1.165, 1.54) is 18.6 Å². The number of halogens is 1. The summed E-state index contributed by atoms with van der Waals surface area (Å²) >= 11 is 0. The first kappa shape index (κ1) is 24.8. The summed E-state index contributed by atoms with van der Waals surface area (Å²) in [4.78, 5) is 7.19. The predicted octanol–water partition coefficient (Wildman–Crippen LogP) is 4.87. The highest BCUT2D eigenvalue weighted by atomic mass is 19.1. The number of piperazine rings is 1. The molecule has 0 bridgehead atoms. The summed E-state index contributed by atoms with van der Waals surface area (Å²) in [6.07, 6.45) is 5.31. The number of ether oxygens (including phenoxy) is 1. The molecule has 1 aromatic rings. The van der Waals surface area contributed by atoms with Crippen LogP contribution in [0.2, 0.25) is 0 Å². The topological polar surface area (TPSA) is 61.2 Å². The lowest BCUT2D eigenvalue weighted by atomic mass is 10.2. The molecule has 1 aliphatic carbocycles. The molecular weight excluding hydrogens is 367 g/mol. The number of pyridine rings is 1. The van der Waals surface area contributed by atoms with Crippen LogP contribution in [-0.2, 0) is 11.2 Å². The van der Waals surface area contributed by atoms with Gasteiger partial charge in [-0.3, -0.25) is 0 Å². The maximum Gasteiger partial charge on any atom is 0.129 e. The standard InChI is InChI=1S/C17H22N4O.C4H7F.C2H6/c1-13(12-18)6-11-22-15-4-2-14-3-5-16(20-17(14)15)21-9-7-19-8-10-21;1-3-4(2)5;1-2/h3,5-6,15,19H,2,4,7-11H2,1H3;3H,1-2H3;1-2H3/b13-6+;4-3+;. The average Bonchev–Trinajstić information content (AvgIpc) is 3.18. The number of aromatic nitrogens is 1. The largest absolute Gasteiger partial charge is 0.368 e. The first-order valence-corrected chi connectivity index (χ1v) is 10.5. The van der Waals surface area contributed by atoms with E-state index in [-0.39, 0.29) is 11.9 Å². The van der Waals surface area contributed by atoms with Gasteiger partial charge in [-0.15, -0.1) is 0 Å². The molecule has 0 spiro atoms. The predicted molar refractivity (Wildman–Crippen MR) is 118 cm³/mol. The summed E-state index contributed by atoms with van der Waals surface area (Å²) in [5, 5.41) is 12.1. The molecule has 1 unspecified atom stereocenters. The van der Waals surface area contributed by atoms with Crippen molar-refractivity contribution in [2.24, 2.45) is 0 Å². The molecule has 0 amide bonds. The van der Waals surface area contributed by atoms with Gasteiger partial charge in [0.05, 0.1) is 24.2 Å². The number of aryl methyl sites for hydroxylation is 1. The molecule has 0 saturated carbocycles. The lowest BCUT2D eigenvalue weighted by Crippen LogP contribution is -2.44. The normalized spacial score (nSPS) is 18.7. The molecule has 2 heterocycles. The second-order valence-corrected chi connectivity index (χ2v) is 6.69. The Kier molecular flexibility index (Phi) is 11.9. The lowest BCUT2D eigenvalue weighted by molar-refractivity contribution is 0.0726. The Labute approximate surface area is 175 Å². The third-order valence-corrected chi connectivity index (χ3v) is 4.68. The van der Waals surface area contributed by atoms with Gasteiger partial charge < -0.3 is 15.0 Å². The van der Waals surface area contributed by atoms with E-state index in [9.17, 15) is 4.39 Å². The van der Waals surface area contributed by atoms with Crippen molar-refractivity contribution in [3.05, 3.63) is 46.9 Å². The Morgan fingerprint density at radius 3 is 2.59 bits per heavy atom. The summed E-state index contributed by atoms with van der Waals surface area (Å²) in [5.41, 5.74) is 3.07. The van der Waals surface area contributed by atoms with Gasteiger partial charge in [-0.25, -0.2) is 9.37 Å². The van der Waals surface area contributed by atoms with Crippen LogP contribution in [0, 0.1) is 11.3 Å². The first-order chi connectivity index (χ1) is 14.0. The second kappa shape index (κ2) is 13.9. The molecular formula is C23H35FN4O. The highest BCUT2D eigenvalue weighted by Gasteiger charge is 2.26. The molecule has 1 N–H and O–H groups in total. The maximum absolute atomic E-state index is 11.3. The summed E-state index contributed by atoms with van der Waals surface area (Å²) in [6.45, 7) is 13.4. The van der Waals surface area contributed by atoms with Crippen LogP contribution in [0.15, 0.2) is 35.7 Å². The highest BCUT2D eigenvalue weighted by Crippen LogP contribution is 2.34. The van der Waals surface area contributed by atoms with Crippen LogP contribution in [0.5, 0.6) is 0 Å². The van der Waals surface area contributed by atoms with E-state index in [0.717, 1.165) is 50.5 Å². The molecule has 29 heavy (non-hydrogen) atoms. The van der Waals surface area contributed by atoms with Crippen molar-refractivity contribution in [1.29, 1.82) is 5.26 Å². The van der Waals surface area contributed by atoms with Crippen LogP contribution in [0.3, 0.4) is 0 Å². The van der Waals surface area contributed by atoms with Crippen LogP contribution >= 0.6 is 0 Å².